The molecule has 0 aromatic rings. The van der Waals surface area contributed by atoms with Crippen LogP contribution in [0.25, 0.3) is 0 Å². The lowest BCUT2D eigenvalue weighted by Gasteiger charge is -2.33. The van der Waals surface area contributed by atoms with E-state index in [1.54, 1.807) is 27.8 Å². The number of hydrogen-bond donors (Lipinski definition) is 2. The number of ether oxygens (including phenoxy) is 1. The Kier molecular flexibility index (Phi) is 4.92. The highest BCUT2D eigenvalue weighted by Crippen LogP contribution is 2.32. The maximum Gasteiger partial charge on any atom is 0.410 e. The Bertz CT molecular complexity index is 468. The predicted molar refractivity (Wildman–Crippen MR) is 83.8 cm³/mol. The van der Waals surface area contributed by atoms with Crippen LogP contribution in [0.3, 0.4) is 0 Å². The third kappa shape index (κ3) is 3.95. The summed E-state index contributed by atoms with van der Waals surface area (Å²) in [5.74, 6) is -0.370. The molecule has 1 aliphatic carbocycles. The maximum atomic E-state index is 12.5. The molecule has 1 saturated carbocycles. The number of hydrogen-bond acceptors (Lipinski definition) is 5. The monoisotopic (exact) mass is 328 g/mol. The Balaban J connectivity index is 2.00. The van der Waals surface area contributed by atoms with Gasteiger partial charge in [-0.15, -0.1) is 0 Å². The Morgan fingerprint density at radius 1 is 1.22 bits per heavy atom. The van der Waals surface area contributed by atoms with Crippen LogP contribution in [-0.2, 0) is 9.53 Å². The molecule has 0 spiro atoms. The van der Waals surface area contributed by atoms with Gasteiger partial charge in [0.2, 0.25) is 0 Å². The average Bonchev–Trinajstić information content (AvgIpc) is 3.02. The molecule has 0 radical (unpaired) electrons. The smallest absolute Gasteiger partial charge is 0.410 e. The van der Waals surface area contributed by atoms with Crippen LogP contribution < -0.4 is 0 Å². The van der Waals surface area contributed by atoms with Gasteiger partial charge in [0.1, 0.15) is 11.2 Å². The van der Waals surface area contributed by atoms with E-state index in [-0.39, 0.29) is 19.0 Å². The predicted octanol–water partition coefficient (Wildman–Crippen LogP) is 0.730. The molecule has 7 nitrogen and oxygen atoms in total. The van der Waals surface area contributed by atoms with E-state index >= 15 is 0 Å². The third-order valence-corrected chi connectivity index (χ3v) is 4.56. The first-order valence-electron chi connectivity index (χ1n) is 8.19. The van der Waals surface area contributed by atoms with Gasteiger partial charge < -0.3 is 24.7 Å². The fraction of sp³-hybridized carbons (Fsp3) is 0.875. The van der Waals surface area contributed by atoms with Gasteiger partial charge in [0.05, 0.1) is 18.7 Å². The molecule has 2 atom stereocenters. The lowest BCUT2D eigenvalue weighted by atomic mass is 9.99. The van der Waals surface area contributed by atoms with Gasteiger partial charge in [-0.1, -0.05) is 0 Å². The maximum absolute atomic E-state index is 12.5. The second-order valence-electron chi connectivity index (χ2n) is 7.67. The molecule has 23 heavy (non-hydrogen) atoms. The standard InChI is InChI=1S/C16H28N2O5/c1-15(2,3)23-14(21)18-9-11(12(19)10-18)17(4)13(20)16(22)7-5-6-8-16/h11-12,19,22H,5-10H2,1-4H3/t11-,12-/m0/s1. The first-order chi connectivity index (χ1) is 10.5. The Hall–Kier alpha value is -1.34. The Morgan fingerprint density at radius 3 is 2.30 bits per heavy atom. The number of carbonyl (C=O) groups excluding carboxylic acids is 2. The molecular formula is C16H28N2O5. The van der Waals surface area contributed by atoms with Crippen LogP contribution in [-0.4, -0.2) is 75.5 Å². The molecule has 1 saturated heterocycles. The minimum absolute atomic E-state index is 0.121. The molecule has 132 valence electrons. The summed E-state index contributed by atoms with van der Waals surface area (Å²) < 4.78 is 5.30. The van der Waals surface area contributed by atoms with Gasteiger partial charge in [0.25, 0.3) is 5.91 Å². The number of carbonyl (C=O) groups is 2. The molecule has 0 aromatic carbocycles. The van der Waals surface area contributed by atoms with Gasteiger partial charge in [0, 0.05) is 13.6 Å². The highest BCUT2D eigenvalue weighted by atomic mass is 16.6. The van der Waals surface area contributed by atoms with Crippen LogP contribution in [0.2, 0.25) is 0 Å². The first-order valence-corrected chi connectivity index (χ1v) is 8.19. The highest BCUT2D eigenvalue weighted by molar-refractivity contribution is 5.85. The van der Waals surface area contributed by atoms with Gasteiger partial charge >= 0.3 is 6.09 Å². The minimum Gasteiger partial charge on any atom is -0.444 e. The number of aliphatic hydroxyl groups is 2. The van der Waals surface area contributed by atoms with Crippen molar-refractivity contribution in [3.8, 4) is 0 Å². The summed E-state index contributed by atoms with van der Waals surface area (Å²) in [6.07, 6.45) is 1.21. The van der Waals surface area contributed by atoms with Crippen molar-refractivity contribution >= 4 is 12.0 Å². The number of rotatable bonds is 2. The van der Waals surface area contributed by atoms with Crippen molar-refractivity contribution in [2.24, 2.45) is 0 Å². The number of β-amino-alcohol motifs (C(OH)–C–C–N with tert-alkyl or cyclic N) is 1. The molecule has 2 N–H and O–H groups in total. The zero-order chi connectivity index (χ0) is 17.4. The van der Waals surface area contributed by atoms with Gasteiger partial charge in [-0.2, -0.15) is 0 Å². The zero-order valence-corrected chi connectivity index (χ0v) is 14.4. The van der Waals surface area contributed by atoms with Crippen molar-refractivity contribution in [3.63, 3.8) is 0 Å². The lowest BCUT2D eigenvalue weighted by molar-refractivity contribution is -0.152. The number of nitrogens with zero attached hydrogens (tertiary/aromatic N) is 2. The van der Waals surface area contributed by atoms with E-state index in [2.05, 4.69) is 0 Å². The van der Waals surface area contributed by atoms with E-state index in [1.807, 2.05) is 0 Å². The highest BCUT2D eigenvalue weighted by Gasteiger charge is 2.46. The van der Waals surface area contributed by atoms with E-state index in [4.69, 9.17) is 4.74 Å². The normalized spacial score (nSPS) is 27.1. The quantitative estimate of drug-likeness (QED) is 0.780. The van der Waals surface area contributed by atoms with Crippen molar-refractivity contribution in [3.05, 3.63) is 0 Å². The van der Waals surface area contributed by atoms with Gasteiger partial charge in [0.15, 0.2) is 0 Å². The molecule has 0 unspecified atom stereocenters. The fourth-order valence-corrected chi connectivity index (χ4v) is 3.28. The minimum atomic E-state index is -1.33. The van der Waals surface area contributed by atoms with Crippen LogP contribution in [0.4, 0.5) is 4.79 Å². The second kappa shape index (κ2) is 6.28. The zero-order valence-electron chi connectivity index (χ0n) is 14.4. The van der Waals surface area contributed by atoms with Crippen molar-refractivity contribution in [2.75, 3.05) is 20.1 Å². The topological polar surface area (TPSA) is 90.3 Å². The van der Waals surface area contributed by atoms with Crippen molar-refractivity contribution in [2.45, 2.75) is 69.8 Å². The van der Waals surface area contributed by atoms with E-state index in [9.17, 15) is 19.8 Å². The molecule has 2 aliphatic rings. The average molecular weight is 328 g/mol. The summed E-state index contributed by atoms with van der Waals surface area (Å²) in [6, 6.07) is -0.528. The molecule has 2 rings (SSSR count). The molecule has 2 fully saturated rings. The third-order valence-electron chi connectivity index (χ3n) is 4.56. The second-order valence-corrected chi connectivity index (χ2v) is 7.67. The van der Waals surface area contributed by atoms with Gasteiger partial charge in [-0.05, 0) is 46.5 Å². The van der Waals surface area contributed by atoms with Crippen molar-refractivity contribution in [1.82, 2.24) is 9.80 Å². The summed E-state index contributed by atoms with van der Waals surface area (Å²) in [5.41, 5.74) is -1.94. The van der Waals surface area contributed by atoms with Crippen LogP contribution >= 0.6 is 0 Å². The van der Waals surface area contributed by atoms with Crippen molar-refractivity contribution in [1.29, 1.82) is 0 Å². The molecule has 0 aromatic heterocycles. The van der Waals surface area contributed by atoms with Crippen LogP contribution in [0.1, 0.15) is 46.5 Å². The molecule has 7 heteroatoms. The van der Waals surface area contributed by atoms with E-state index in [0.29, 0.717) is 12.8 Å². The summed E-state index contributed by atoms with van der Waals surface area (Å²) in [5, 5.41) is 20.7. The van der Waals surface area contributed by atoms with E-state index < -0.39 is 29.4 Å². The largest absolute Gasteiger partial charge is 0.444 e. The number of aliphatic hydroxyl groups excluding tert-OH is 1. The summed E-state index contributed by atoms with van der Waals surface area (Å²) >= 11 is 0. The Morgan fingerprint density at radius 2 is 1.78 bits per heavy atom. The molecular weight excluding hydrogens is 300 g/mol. The van der Waals surface area contributed by atoms with Crippen LogP contribution in [0, 0.1) is 0 Å². The SMILES string of the molecule is CN(C(=O)C1(O)CCCC1)[C@H]1CN(C(=O)OC(C)(C)C)C[C@@H]1O. The summed E-state index contributed by atoms with van der Waals surface area (Å²) in [6.45, 7) is 5.66. The molecule has 2 amide bonds. The van der Waals surface area contributed by atoms with E-state index in [0.717, 1.165) is 12.8 Å². The lowest BCUT2D eigenvalue weighted by Crippen LogP contribution is -2.53. The van der Waals surface area contributed by atoms with Crippen LogP contribution in [0.5, 0.6) is 0 Å². The summed E-state index contributed by atoms with van der Waals surface area (Å²) in [7, 11) is 1.57. The van der Waals surface area contributed by atoms with Crippen LogP contribution in [0.15, 0.2) is 0 Å². The first kappa shape index (κ1) is 18.0. The van der Waals surface area contributed by atoms with E-state index in [1.165, 1.54) is 9.80 Å². The molecule has 1 heterocycles. The number of amides is 2. The van der Waals surface area contributed by atoms with Gasteiger partial charge in [-0.3, -0.25) is 4.79 Å². The van der Waals surface area contributed by atoms with Crippen molar-refractivity contribution < 1.29 is 24.5 Å². The molecule has 0 bridgehead atoms. The number of likely N-dealkylation sites (tertiary alicyclic amines) is 1. The Labute approximate surface area is 137 Å². The molecule has 1 aliphatic heterocycles. The van der Waals surface area contributed by atoms with Gasteiger partial charge in [-0.25, -0.2) is 4.79 Å². The summed E-state index contributed by atoms with van der Waals surface area (Å²) in [4.78, 5) is 27.4. The number of likely N-dealkylation sites (N-methyl/N-ethyl adjacent to an activating group) is 1. The fourth-order valence-electron chi connectivity index (χ4n) is 3.28.